The number of benzene rings is 2. The van der Waals surface area contributed by atoms with E-state index >= 15 is 0 Å². The highest BCUT2D eigenvalue weighted by Gasteiger charge is 2.21. The fraction of sp³-hybridized carbons (Fsp3) is 0.286. The minimum Gasteiger partial charge on any atom is -0.492 e. The second-order valence-corrected chi connectivity index (χ2v) is 9.41. The van der Waals surface area contributed by atoms with Crippen LogP contribution in [0.1, 0.15) is 19.7 Å². The largest absolute Gasteiger partial charge is 0.492 e. The number of ether oxygens (including phenoxy) is 1. The molecular weight excluding hydrogens is 436 g/mol. The molecule has 0 unspecified atom stereocenters. The molecule has 1 heterocycles. The van der Waals surface area contributed by atoms with Gasteiger partial charge in [-0.15, -0.1) is 10.2 Å². The molecule has 0 fully saturated rings. The maximum Gasteiger partial charge on any atom is 0.234 e. The average Bonchev–Trinajstić information content (AvgIpc) is 3.15. The minimum atomic E-state index is -3.54. The Hall–Kier alpha value is -2.85. The lowest BCUT2D eigenvalue weighted by molar-refractivity contribution is -0.113. The van der Waals surface area contributed by atoms with Crippen LogP contribution in [0.25, 0.3) is 0 Å². The van der Waals surface area contributed by atoms with Crippen LogP contribution < -0.4 is 10.1 Å². The molecule has 31 heavy (non-hydrogen) atoms. The summed E-state index contributed by atoms with van der Waals surface area (Å²) in [6.07, 6.45) is 0. The highest BCUT2D eigenvalue weighted by atomic mass is 32.2. The highest BCUT2D eigenvalue weighted by Crippen LogP contribution is 2.25. The quantitative estimate of drug-likeness (QED) is 0.463. The van der Waals surface area contributed by atoms with Gasteiger partial charge in [0.05, 0.1) is 22.9 Å². The molecule has 0 aliphatic carbocycles. The van der Waals surface area contributed by atoms with Gasteiger partial charge in [-0.05, 0) is 38.1 Å². The number of nitrogens with one attached hydrogen (secondary N) is 1. The van der Waals surface area contributed by atoms with Gasteiger partial charge in [0, 0.05) is 6.54 Å². The van der Waals surface area contributed by atoms with Gasteiger partial charge in [-0.1, -0.05) is 42.1 Å². The number of thioether (sulfide) groups is 1. The molecule has 1 N–H and O–H groups in total. The zero-order valence-corrected chi connectivity index (χ0v) is 18.9. The summed E-state index contributed by atoms with van der Waals surface area (Å²) in [6, 6.07) is 15.5. The van der Waals surface area contributed by atoms with Crippen molar-refractivity contribution in [3.05, 3.63) is 60.4 Å². The van der Waals surface area contributed by atoms with E-state index in [0.717, 1.165) is 0 Å². The smallest absolute Gasteiger partial charge is 0.234 e. The van der Waals surface area contributed by atoms with Crippen LogP contribution in [0.3, 0.4) is 0 Å². The molecule has 2 aromatic carbocycles. The van der Waals surface area contributed by atoms with Crippen LogP contribution in [0.4, 0.5) is 5.69 Å². The monoisotopic (exact) mass is 460 g/mol. The van der Waals surface area contributed by atoms with E-state index in [9.17, 15) is 13.2 Å². The molecule has 0 atom stereocenters. The summed E-state index contributed by atoms with van der Waals surface area (Å²) >= 11 is 1.20. The molecule has 164 valence electrons. The first-order chi connectivity index (χ1) is 14.9. The number of rotatable bonds is 10. The van der Waals surface area contributed by atoms with Crippen molar-refractivity contribution in [3.8, 4) is 5.75 Å². The van der Waals surface area contributed by atoms with Crippen LogP contribution >= 0.6 is 11.8 Å². The minimum absolute atomic E-state index is 0.101. The van der Waals surface area contributed by atoms with Crippen molar-refractivity contribution in [3.63, 3.8) is 0 Å². The first-order valence-electron chi connectivity index (χ1n) is 9.79. The van der Waals surface area contributed by atoms with Gasteiger partial charge in [-0.25, -0.2) is 8.42 Å². The third kappa shape index (κ3) is 5.86. The number of carbonyl (C=O) groups is 1. The topological polar surface area (TPSA) is 103 Å². The van der Waals surface area contributed by atoms with Crippen LogP contribution in [0.2, 0.25) is 0 Å². The van der Waals surface area contributed by atoms with E-state index in [1.165, 1.54) is 11.8 Å². The number of hydrogen-bond acceptors (Lipinski definition) is 7. The Kier molecular flexibility index (Phi) is 7.69. The summed E-state index contributed by atoms with van der Waals surface area (Å²) in [5, 5.41) is 11.5. The lowest BCUT2D eigenvalue weighted by Gasteiger charge is -2.11. The second-order valence-electron chi connectivity index (χ2n) is 6.48. The fourth-order valence-electron chi connectivity index (χ4n) is 2.90. The summed E-state index contributed by atoms with van der Waals surface area (Å²) in [5.74, 6) is 0.571. The van der Waals surface area contributed by atoms with Crippen molar-refractivity contribution in [1.82, 2.24) is 14.8 Å². The van der Waals surface area contributed by atoms with Gasteiger partial charge in [0.2, 0.25) is 5.91 Å². The molecule has 1 amide bonds. The van der Waals surface area contributed by atoms with Gasteiger partial charge in [0.1, 0.15) is 17.3 Å². The van der Waals surface area contributed by atoms with E-state index < -0.39 is 9.84 Å². The summed E-state index contributed by atoms with van der Waals surface area (Å²) in [5.41, 5.74) is 0.599. The first-order valence-corrected chi connectivity index (χ1v) is 12.4. The number of para-hydroxylation sites is 2. The van der Waals surface area contributed by atoms with Crippen molar-refractivity contribution in [2.75, 3.05) is 17.7 Å². The summed E-state index contributed by atoms with van der Waals surface area (Å²) in [6.45, 7) is 4.74. The van der Waals surface area contributed by atoms with Crippen LogP contribution in [0, 0.1) is 0 Å². The van der Waals surface area contributed by atoms with Gasteiger partial charge in [-0.3, -0.25) is 4.79 Å². The molecule has 8 nitrogen and oxygen atoms in total. The number of sulfone groups is 1. The molecule has 3 rings (SSSR count). The standard InChI is InChI=1S/C21H24N4O4S2/c1-3-25-19(15-31(27,28)16-10-6-5-7-11-16)23-24-21(25)30-14-20(26)22-17-12-8-9-13-18(17)29-4-2/h5-13H,3-4,14-15H2,1-2H3,(H,22,26). The molecule has 1 aromatic heterocycles. The highest BCUT2D eigenvalue weighted by molar-refractivity contribution is 7.99. The Morgan fingerprint density at radius 2 is 1.77 bits per heavy atom. The molecule has 0 aliphatic rings. The summed E-state index contributed by atoms with van der Waals surface area (Å²) < 4.78 is 32.6. The third-order valence-corrected chi connectivity index (χ3v) is 6.92. The molecule has 0 aliphatic heterocycles. The molecule has 0 saturated carbocycles. The Morgan fingerprint density at radius 1 is 1.06 bits per heavy atom. The van der Waals surface area contributed by atoms with Gasteiger partial charge in [0.15, 0.2) is 15.0 Å². The molecule has 0 saturated heterocycles. The van der Waals surface area contributed by atoms with Crippen LogP contribution in [0.15, 0.2) is 64.6 Å². The summed E-state index contributed by atoms with van der Waals surface area (Å²) in [4.78, 5) is 12.7. The van der Waals surface area contributed by atoms with Gasteiger partial charge in [0.25, 0.3) is 0 Å². The molecule has 3 aromatic rings. The van der Waals surface area contributed by atoms with E-state index in [2.05, 4.69) is 15.5 Å². The predicted molar refractivity (Wildman–Crippen MR) is 120 cm³/mol. The number of amides is 1. The van der Waals surface area contributed by atoms with Crippen molar-refractivity contribution >= 4 is 33.2 Å². The molecule has 0 radical (unpaired) electrons. The van der Waals surface area contributed by atoms with E-state index in [1.54, 1.807) is 47.0 Å². The number of carbonyl (C=O) groups excluding carboxylic acids is 1. The molecule has 10 heteroatoms. The maximum absolute atomic E-state index is 12.7. The van der Waals surface area contributed by atoms with E-state index in [4.69, 9.17) is 4.74 Å². The molecular formula is C21H24N4O4S2. The Bertz CT molecular complexity index is 1130. The zero-order valence-electron chi connectivity index (χ0n) is 17.3. The molecule has 0 bridgehead atoms. The number of aromatic nitrogens is 3. The van der Waals surface area contributed by atoms with Crippen LogP contribution in [0.5, 0.6) is 5.75 Å². The second kappa shape index (κ2) is 10.5. The zero-order chi connectivity index (χ0) is 22.3. The van der Waals surface area contributed by atoms with E-state index in [1.807, 2.05) is 26.0 Å². The van der Waals surface area contributed by atoms with Crippen LogP contribution in [-0.2, 0) is 26.9 Å². The number of anilines is 1. The third-order valence-electron chi connectivity index (χ3n) is 4.32. The van der Waals surface area contributed by atoms with Crippen molar-refractivity contribution < 1.29 is 17.9 Å². The Balaban J connectivity index is 1.67. The SMILES string of the molecule is CCOc1ccccc1NC(=O)CSc1nnc(CS(=O)(=O)c2ccccc2)n1CC. The average molecular weight is 461 g/mol. The normalized spacial score (nSPS) is 11.3. The predicted octanol–water partition coefficient (Wildman–Crippen LogP) is 3.40. The first kappa shape index (κ1) is 22.8. The van der Waals surface area contributed by atoms with E-state index in [0.29, 0.717) is 35.6 Å². The lowest BCUT2D eigenvalue weighted by Crippen LogP contribution is -2.16. The maximum atomic E-state index is 12.7. The van der Waals surface area contributed by atoms with Crippen LogP contribution in [-0.4, -0.2) is 41.4 Å². The fourth-order valence-corrected chi connectivity index (χ4v) is 5.01. The van der Waals surface area contributed by atoms with Crippen molar-refractivity contribution in [2.45, 2.75) is 36.2 Å². The molecule has 0 spiro atoms. The van der Waals surface area contributed by atoms with Gasteiger partial charge < -0.3 is 14.6 Å². The number of nitrogens with zero attached hydrogens (tertiary/aromatic N) is 3. The summed E-state index contributed by atoms with van der Waals surface area (Å²) in [7, 11) is -3.54. The Labute approximate surface area is 186 Å². The van der Waals surface area contributed by atoms with Crippen molar-refractivity contribution in [2.24, 2.45) is 0 Å². The Morgan fingerprint density at radius 3 is 2.48 bits per heavy atom. The van der Waals surface area contributed by atoms with Gasteiger partial charge in [-0.2, -0.15) is 0 Å². The van der Waals surface area contributed by atoms with Gasteiger partial charge >= 0.3 is 0 Å². The van der Waals surface area contributed by atoms with Crippen molar-refractivity contribution in [1.29, 1.82) is 0 Å². The lowest BCUT2D eigenvalue weighted by atomic mass is 10.3. The number of hydrogen-bond donors (Lipinski definition) is 1. The van der Waals surface area contributed by atoms with E-state index in [-0.39, 0.29) is 22.3 Å².